The summed E-state index contributed by atoms with van der Waals surface area (Å²) in [7, 11) is 1.69. The maximum Gasteiger partial charge on any atom is 0.0793 e. The van der Waals surface area contributed by atoms with Crippen LogP contribution in [0.3, 0.4) is 0 Å². The van der Waals surface area contributed by atoms with E-state index >= 15 is 0 Å². The molecule has 2 atom stereocenters. The summed E-state index contributed by atoms with van der Waals surface area (Å²) < 4.78 is 5.25. The first-order chi connectivity index (χ1) is 8.22. The third kappa shape index (κ3) is 4.09. The molecule has 0 aromatic heterocycles. The van der Waals surface area contributed by atoms with Crippen LogP contribution in [-0.4, -0.2) is 18.9 Å². The van der Waals surface area contributed by atoms with Gasteiger partial charge in [-0.3, -0.25) is 0 Å². The largest absolute Gasteiger partial charge is 0.377 e. The Morgan fingerprint density at radius 2 is 1.88 bits per heavy atom. The topological polar surface area (TPSA) is 67.5 Å². The lowest BCUT2D eigenvalue weighted by molar-refractivity contribution is 0.118. The smallest absolute Gasteiger partial charge is 0.0793 e. The van der Waals surface area contributed by atoms with Gasteiger partial charge in [-0.05, 0) is 37.4 Å². The van der Waals surface area contributed by atoms with E-state index < -0.39 is 0 Å². The van der Waals surface area contributed by atoms with Crippen LogP contribution in [0.25, 0.3) is 0 Å². The molecule has 0 aliphatic rings. The van der Waals surface area contributed by atoms with Crippen molar-refractivity contribution in [3.05, 3.63) is 35.4 Å². The van der Waals surface area contributed by atoms with Crippen LogP contribution in [0.15, 0.2) is 24.3 Å². The number of nitrogens with two attached hydrogens (primary N) is 1. The monoisotopic (exact) mass is 238 g/mol. The highest BCUT2D eigenvalue weighted by Crippen LogP contribution is 2.21. The number of benzene rings is 1. The highest BCUT2D eigenvalue weighted by atomic mass is 16.5. The van der Waals surface area contributed by atoms with Crippen LogP contribution in [0.2, 0.25) is 0 Å². The zero-order valence-corrected chi connectivity index (χ0v) is 10.5. The average Bonchev–Trinajstić information content (AvgIpc) is 2.39. The zero-order chi connectivity index (χ0) is 12.7. The van der Waals surface area contributed by atoms with Crippen LogP contribution in [0, 0.1) is 0 Å². The minimum atomic E-state index is -0.0505. The predicted octanol–water partition coefficient (Wildman–Crippen LogP) is 2.15. The molecule has 4 nitrogen and oxygen atoms in total. The fraction of sp³-hybridized carbons (Fsp3) is 0.538. The molecule has 4 heteroatoms. The molecule has 0 fully saturated rings. The van der Waals surface area contributed by atoms with E-state index in [1.54, 1.807) is 7.11 Å². The number of hydrogen-bond donors (Lipinski definition) is 3. The standard InChI is InChI=1S/C13H22N2O2/c1-10(17-2)11-5-7-12(8-6-11)13(15-16)4-3-9-14/h5-8,10,13,15-16H,3-4,9,14H2,1-2H3. The van der Waals surface area contributed by atoms with E-state index in [0.717, 1.165) is 24.0 Å². The number of rotatable bonds is 7. The Morgan fingerprint density at radius 1 is 1.29 bits per heavy atom. The molecule has 2 unspecified atom stereocenters. The van der Waals surface area contributed by atoms with E-state index in [9.17, 15) is 0 Å². The summed E-state index contributed by atoms with van der Waals surface area (Å²) in [5, 5.41) is 9.12. The van der Waals surface area contributed by atoms with Gasteiger partial charge < -0.3 is 15.7 Å². The Bertz CT molecular complexity index is 314. The molecule has 96 valence electrons. The molecule has 0 aliphatic heterocycles. The summed E-state index contributed by atoms with van der Waals surface area (Å²) in [6.45, 7) is 2.64. The minimum absolute atomic E-state index is 0.0505. The molecule has 0 saturated carbocycles. The van der Waals surface area contributed by atoms with Gasteiger partial charge in [-0.15, -0.1) is 0 Å². The summed E-state index contributed by atoms with van der Waals surface area (Å²) in [5.41, 5.74) is 9.99. The zero-order valence-electron chi connectivity index (χ0n) is 10.5. The second-order valence-electron chi connectivity index (χ2n) is 4.16. The van der Waals surface area contributed by atoms with Crippen molar-refractivity contribution >= 4 is 0 Å². The molecule has 0 heterocycles. The van der Waals surface area contributed by atoms with Gasteiger partial charge in [0.2, 0.25) is 0 Å². The van der Waals surface area contributed by atoms with Crippen molar-refractivity contribution in [1.29, 1.82) is 0 Å². The first-order valence-electron chi connectivity index (χ1n) is 5.95. The average molecular weight is 238 g/mol. The number of nitrogens with one attached hydrogen (secondary N) is 1. The van der Waals surface area contributed by atoms with E-state index in [-0.39, 0.29) is 12.1 Å². The Kier molecular flexibility index (Phi) is 6.15. The van der Waals surface area contributed by atoms with Crippen molar-refractivity contribution in [2.24, 2.45) is 5.73 Å². The van der Waals surface area contributed by atoms with Crippen molar-refractivity contribution in [3.8, 4) is 0 Å². The summed E-state index contributed by atoms with van der Waals surface area (Å²) >= 11 is 0. The minimum Gasteiger partial charge on any atom is -0.377 e. The van der Waals surface area contributed by atoms with Crippen LogP contribution in [0.1, 0.15) is 43.0 Å². The fourth-order valence-corrected chi connectivity index (χ4v) is 1.76. The molecular weight excluding hydrogens is 216 g/mol. The van der Waals surface area contributed by atoms with Gasteiger partial charge in [0.05, 0.1) is 12.1 Å². The van der Waals surface area contributed by atoms with E-state index in [0.29, 0.717) is 6.54 Å². The van der Waals surface area contributed by atoms with Crippen LogP contribution >= 0.6 is 0 Å². The summed E-state index contributed by atoms with van der Waals surface area (Å²) in [6.07, 6.45) is 1.80. The third-order valence-corrected chi connectivity index (χ3v) is 3.01. The molecule has 0 aliphatic carbocycles. The predicted molar refractivity (Wildman–Crippen MR) is 67.8 cm³/mol. The van der Waals surface area contributed by atoms with Gasteiger partial charge in [0.1, 0.15) is 0 Å². The van der Waals surface area contributed by atoms with Crippen LogP contribution < -0.4 is 11.2 Å². The molecule has 0 amide bonds. The van der Waals surface area contributed by atoms with Crippen molar-refractivity contribution in [2.75, 3.05) is 13.7 Å². The van der Waals surface area contributed by atoms with Crippen molar-refractivity contribution in [1.82, 2.24) is 5.48 Å². The van der Waals surface area contributed by atoms with Gasteiger partial charge in [-0.1, -0.05) is 24.3 Å². The molecule has 0 radical (unpaired) electrons. The quantitative estimate of drug-likeness (QED) is 0.637. The molecule has 0 saturated heterocycles. The van der Waals surface area contributed by atoms with Gasteiger partial charge in [0, 0.05) is 7.11 Å². The van der Waals surface area contributed by atoms with Crippen LogP contribution in [0.4, 0.5) is 0 Å². The Balaban J connectivity index is 2.70. The highest BCUT2D eigenvalue weighted by Gasteiger charge is 2.10. The number of hydroxylamine groups is 1. The van der Waals surface area contributed by atoms with Crippen LogP contribution in [-0.2, 0) is 4.74 Å². The van der Waals surface area contributed by atoms with Crippen molar-refractivity contribution < 1.29 is 9.94 Å². The maximum absolute atomic E-state index is 9.12. The lowest BCUT2D eigenvalue weighted by atomic mass is 10.00. The van der Waals surface area contributed by atoms with E-state index in [4.69, 9.17) is 15.7 Å². The molecule has 0 bridgehead atoms. The number of ether oxygens (including phenoxy) is 1. The lowest BCUT2D eigenvalue weighted by Gasteiger charge is -2.16. The normalized spacial score (nSPS) is 14.6. The molecular formula is C13H22N2O2. The van der Waals surface area contributed by atoms with Gasteiger partial charge >= 0.3 is 0 Å². The van der Waals surface area contributed by atoms with Crippen molar-refractivity contribution in [3.63, 3.8) is 0 Å². The second kappa shape index (κ2) is 7.40. The molecule has 1 aromatic rings. The molecule has 1 rings (SSSR count). The molecule has 4 N–H and O–H groups in total. The lowest BCUT2D eigenvalue weighted by Crippen LogP contribution is -2.18. The molecule has 0 spiro atoms. The highest BCUT2D eigenvalue weighted by molar-refractivity contribution is 5.26. The van der Waals surface area contributed by atoms with Gasteiger partial charge in [-0.2, -0.15) is 5.48 Å². The summed E-state index contributed by atoms with van der Waals surface area (Å²) in [4.78, 5) is 0. The SMILES string of the molecule is COC(C)c1ccc(C(CCCN)NO)cc1. The molecule has 1 aromatic carbocycles. The molecule has 17 heavy (non-hydrogen) atoms. The first-order valence-corrected chi connectivity index (χ1v) is 5.95. The van der Waals surface area contributed by atoms with E-state index in [1.807, 2.05) is 31.2 Å². The summed E-state index contributed by atoms with van der Waals surface area (Å²) in [5.74, 6) is 0. The first kappa shape index (κ1) is 14.1. The van der Waals surface area contributed by atoms with Gasteiger partial charge in [0.25, 0.3) is 0 Å². The van der Waals surface area contributed by atoms with E-state index in [1.165, 1.54) is 0 Å². The third-order valence-electron chi connectivity index (χ3n) is 3.01. The second-order valence-corrected chi connectivity index (χ2v) is 4.16. The van der Waals surface area contributed by atoms with E-state index in [2.05, 4.69) is 5.48 Å². The van der Waals surface area contributed by atoms with Gasteiger partial charge in [0.15, 0.2) is 0 Å². The Hall–Kier alpha value is -0.940. The fourth-order valence-electron chi connectivity index (χ4n) is 1.76. The van der Waals surface area contributed by atoms with Crippen LogP contribution in [0.5, 0.6) is 0 Å². The number of methoxy groups -OCH3 is 1. The van der Waals surface area contributed by atoms with Gasteiger partial charge in [-0.25, -0.2) is 0 Å². The maximum atomic E-state index is 9.12. The summed E-state index contributed by atoms with van der Waals surface area (Å²) in [6, 6.07) is 8.02. The number of hydrogen-bond acceptors (Lipinski definition) is 4. The Morgan fingerprint density at radius 3 is 2.35 bits per heavy atom. The van der Waals surface area contributed by atoms with Crippen molar-refractivity contribution in [2.45, 2.75) is 31.9 Å². The Labute approximate surface area is 103 Å².